The highest BCUT2D eigenvalue weighted by Gasteiger charge is 2.30. The molecule has 0 aliphatic heterocycles. The first kappa shape index (κ1) is 24.8. The largest absolute Gasteiger partial charge is 0.504 e. The van der Waals surface area contributed by atoms with E-state index in [1.165, 1.54) is 0 Å². The molecule has 0 aromatic heterocycles. The van der Waals surface area contributed by atoms with Crippen molar-refractivity contribution in [2.24, 2.45) is 0 Å². The normalized spacial score (nSPS) is 10.8. The molecule has 0 aliphatic carbocycles. The Morgan fingerprint density at radius 2 is 0.800 bits per heavy atom. The maximum absolute atomic E-state index is 12.0. The maximum Gasteiger partial charge on any atom is 0.183 e. The molecule has 4 heteroatoms. The highest BCUT2D eigenvalue weighted by atomic mass is 16.3. The Balaban J connectivity index is 1.81. The molecule has 6 aromatic rings. The summed E-state index contributed by atoms with van der Waals surface area (Å²) in [5.41, 5.74) is 13.5. The summed E-state index contributed by atoms with van der Waals surface area (Å²) < 4.78 is 0. The van der Waals surface area contributed by atoms with E-state index in [2.05, 4.69) is 0 Å². The molecule has 0 bridgehead atoms. The Kier molecular flexibility index (Phi) is 6.65. The third-order valence-electron chi connectivity index (χ3n) is 7.00. The molecular formula is C36H28N2O2. The number of benzene rings is 6. The van der Waals surface area contributed by atoms with E-state index in [4.69, 9.17) is 5.73 Å². The smallest absolute Gasteiger partial charge is 0.183 e. The predicted octanol–water partition coefficient (Wildman–Crippen LogP) is 9.15. The van der Waals surface area contributed by atoms with Gasteiger partial charge >= 0.3 is 0 Å². The Hall–Kier alpha value is -5.48. The molecule has 0 unspecified atom stereocenters. The van der Waals surface area contributed by atoms with Crippen molar-refractivity contribution in [3.8, 4) is 44.9 Å². The zero-order valence-electron chi connectivity index (χ0n) is 21.8. The van der Waals surface area contributed by atoms with E-state index in [1.807, 2.05) is 138 Å². The second kappa shape index (κ2) is 10.7. The van der Waals surface area contributed by atoms with Crippen molar-refractivity contribution in [1.82, 2.24) is 0 Å². The summed E-state index contributed by atoms with van der Waals surface area (Å²) in [6, 6.07) is 47.1. The highest BCUT2D eigenvalue weighted by molar-refractivity contribution is 6.08. The summed E-state index contributed by atoms with van der Waals surface area (Å²) in [5.74, 6) is -0.409. The van der Waals surface area contributed by atoms with E-state index in [-0.39, 0.29) is 11.5 Å². The lowest BCUT2D eigenvalue weighted by Gasteiger charge is -2.31. The van der Waals surface area contributed by atoms with Crippen molar-refractivity contribution in [1.29, 1.82) is 0 Å². The number of nitrogens with two attached hydrogens (primary N) is 1. The number of nitrogens with zero attached hydrogens (tertiary/aromatic N) is 1. The highest BCUT2D eigenvalue weighted by Crippen LogP contribution is 2.58. The lowest BCUT2D eigenvalue weighted by molar-refractivity contribution is 0.406. The molecule has 0 saturated carbocycles. The number of hydrogen-bond acceptors (Lipinski definition) is 4. The van der Waals surface area contributed by atoms with E-state index >= 15 is 0 Å². The molecule has 0 saturated heterocycles. The van der Waals surface area contributed by atoms with Crippen LogP contribution < -0.4 is 10.6 Å². The molecule has 6 rings (SSSR count). The monoisotopic (exact) mass is 520 g/mol. The van der Waals surface area contributed by atoms with Crippen molar-refractivity contribution in [3.05, 3.63) is 146 Å². The summed E-state index contributed by atoms with van der Waals surface area (Å²) in [5, 5.41) is 23.8. The van der Waals surface area contributed by atoms with E-state index in [9.17, 15) is 10.2 Å². The lowest BCUT2D eigenvalue weighted by Crippen LogP contribution is -2.12. The number of anilines is 4. The lowest BCUT2D eigenvalue weighted by atomic mass is 9.84. The topological polar surface area (TPSA) is 69.7 Å². The van der Waals surface area contributed by atoms with Gasteiger partial charge in [-0.1, -0.05) is 109 Å². The van der Waals surface area contributed by atoms with Gasteiger partial charge in [-0.3, -0.25) is 0 Å². The standard InChI is InChI=1S/C36H28N2O2/c37-28-23-21-27(22-24-28)33-31(25-13-5-1-6-14-25)32(26-15-7-2-8-16-26)34(36(40)35(33)39)38(29-17-9-3-10-18-29)30-19-11-4-12-20-30/h1-24,39-40H,37H2. The van der Waals surface area contributed by atoms with Gasteiger partial charge in [0.25, 0.3) is 0 Å². The van der Waals surface area contributed by atoms with Crippen LogP contribution in [0.2, 0.25) is 0 Å². The van der Waals surface area contributed by atoms with Gasteiger partial charge in [-0.25, -0.2) is 0 Å². The van der Waals surface area contributed by atoms with Crippen molar-refractivity contribution in [3.63, 3.8) is 0 Å². The Bertz CT molecular complexity index is 1700. The average Bonchev–Trinajstić information content (AvgIpc) is 3.02. The molecule has 0 spiro atoms. The van der Waals surface area contributed by atoms with Crippen LogP contribution in [-0.2, 0) is 0 Å². The second-order valence-corrected chi connectivity index (χ2v) is 9.53. The summed E-state index contributed by atoms with van der Waals surface area (Å²) in [4.78, 5) is 2.00. The summed E-state index contributed by atoms with van der Waals surface area (Å²) >= 11 is 0. The van der Waals surface area contributed by atoms with Gasteiger partial charge in [0.05, 0.1) is 0 Å². The van der Waals surface area contributed by atoms with Gasteiger partial charge in [0.2, 0.25) is 0 Å². The quantitative estimate of drug-likeness (QED) is 0.151. The molecular weight excluding hydrogens is 492 g/mol. The number of phenols is 2. The van der Waals surface area contributed by atoms with Crippen LogP contribution in [0.1, 0.15) is 0 Å². The number of para-hydroxylation sites is 2. The fourth-order valence-corrected chi connectivity index (χ4v) is 5.20. The summed E-state index contributed by atoms with van der Waals surface area (Å²) in [7, 11) is 0. The summed E-state index contributed by atoms with van der Waals surface area (Å²) in [6.07, 6.45) is 0. The molecule has 0 amide bonds. The van der Waals surface area contributed by atoms with E-state index in [1.54, 1.807) is 12.1 Å². The molecule has 194 valence electrons. The Morgan fingerprint density at radius 1 is 0.400 bits per heavy atom. The predicted molar refractivity (Wildman–Crippen MR) is 165 cm³/mol. The Morgan fingerprint density at radius 3 is 1.27 bits per heavy atom. The molecule has 4 N–H and O–H groups in total. The van der Waals surface area contributed by atoms with Crippen LogP contribution in [-0.4, -0.2) is 10.2 Å². The number of nitrogen functional groups attached to an aromatic ring is 1. The van der Waals surface area contributed by atoms with Crippen molar-refractivity contribution in [2.75, 3.05) is 10.6 Å². The number of rotatable bonds is 6. The van der Waals surface area contributed by atoms with Crippen LogP contribution in [0.5, 0.6) is 11.5 Å². The minimum absolute atomic E-state index is 0.199. The van der Waals surface area contributed by atoms with Gasteiger partial charge in [0, 0.05) is 33.8 Å². The summed E-state index contributed by atoms with van der Waals surface area (Å²) in [6.45, 7) is 0. The van der Waals surface area contributed by atoms with Crippen LogP contribution in [0.15, 0.2) is 146 Å². The zero-order valence-corrected chi connectivity index (χ0v) is 21.8. The van der Waals surface area contributed by atoms with Crippen molar-refractivity contribution >= 4 is 22.7 Å². The first-order valence-electron chi connectivity index (χ1n) is 13.1. The Labute approximate surface area is 233 Å². The molecule has 40 heavy (non-hydrogen) atoms. The van der Waals surface area contributed by atoms with Gasteiger partial charge < -0.3 is 20.8 Å². The number of phenolic OH excluding ortho intramolecular Hbond substituents is 2. The van der Waals surface area contributed by atoms with Gasteiger partial charge in [-0.05, 0) is 53.1 Å². The van der Waals surface area contributed by atoms with Crippen molar-refractivity contribution in [2.45, 2.75) is 0 Å². The van der Waals surface area contributed by atoms with Gasteiger partial charge in [-0.15, -0.1) is 0 Å². The average molecular weight is 521 g/mol. The molecule has 0 fully saturated rings. The van der Waals surface area contributed by atoms with Crippen LogP contribution in [0.3, 0.4) is 0 Å². The number of aromatic hydroxyl groups is 2. The molecule has 6 aromatic carbocycles. The fraction of sp³-hybridized carbons (Fsp3) is 0. The van der Waals surface area contributed by atoms with E-state index < -0.39 is 0 Å². The molecule has 0 heterocycles. The third-order valence-corrected chi connectivity index (χ3v) is 7.00. The second-order valence-electron chi connectivity index (χ2n) is 9.53. The van der Waals surface area contributed by atoms with Gasteiger partial charge in [0.15, 0.2) is 11.5 Å². The SMILES string of the molecule is Nc1ccc(-c2c(O)c(O)c(N(c3ccccc3)c3ccccc3)c(-c3ccccc3)c2-c2ccccc2)cc1. The van der Waals surface area contributed by atoms with Crippen LogP contribution >= 0.6 is 0 Å². The van der Waals surface area contributed by atoms with Crippen molar-refractivity contribution < 1.29 is 10.2 Å². The fourth-order valence-electron chi connectivity index (χ4n) is 5.20. The van der Waals surface area contributed by atoms with E-state index in [0.29, 0.717) is 16.9 Å². The number of hydrogen-bond donors (Lipinski definition) is 3. The molecule has 4 nitrogen and oxygen atoms in total. The maximum atomic E-state index is 12.0. The third kappa shape index (κ3) is 4.52. The molecule has 0 radical (unpaired) electrons. The van der Waals surface area contributed by atoms with Crippen LogP contribution in [0.25, 0.3) is 33.4 Å². The minimum Gasteiger partial charge on any atom is -0.504 e. The first-order valence-corrected chi connectivity index (χ1v) is 13.1. The van der Waals surface area contributed by atoms with Crippen LogP contribution in [0, 0.1) is 0 Å². The van der Waals surface area contributed by atoms with E-state index in [0.717, 1.165) is 39.2 Å². The molecule has 0 atom stereocenters. The zero-order chi connectivity index (χ0) is 27.5. The van der Waals surface area contributed by atoms with Gasteiger partial charge in [0.1, 0.15) is 5.69 Å². The van der Waals surface area contributed by atoms with Gasteiger partial charge in [-0.2, -0.15) is 0 Å². The van der Waals surface area contributed by atoms with Crippen LogP contribution in [0.4, 0.5) is 22.7 Å². The minimum atomic E-state index is -0.210. The molecule has 0 aliphatic rings. The first-order chi connectivity index (χ1) is 19.6.